The molecule has 4 heterocycles. The molecule has 1 aliphatic heterocycles. The maximum absolute atomic E-state index is 12.8. The Hall–Kier alpha value is -2.91. The van der Waals surface area contributed by atoms with Crippen LogP contribution in [0.25, 0.3) is 22.3 Å². The van der Waals surface area contributed by atoms with Crippen LogP contribution in [0.15, 0.2) is 33.9 Å². The summed E-state index contributed by atoms with van der Waals surface area (Å²) in [6.07, 6.45) is 4.56. The molecule has 1 N–H and O–H groups in total. The van der Waals surface area contributed by atoms with Gasteiger partial charge in [-0.3, -0.25) is 9.13 Å². The van der Waals surface area contributed by atoms with Crippen LogP contribution < -0.4 is 11.0 Å². The Kier molecular flexibility index (Phi) is 4.06. The molecule has 1 saturated heterocycles. The molecule has 3 aromatic heterocycles. The maximum atomic E-state index is 12.8. The molecule has 0 aliphatic carbocycles. The summed E-state index contributed by atoms with van der Waals surface area (Å²) in [5.41, 5.74) is 3.04. The van der Waals surface area contributed by atoms with Gasteiger partial charge in [0, 0.05) is 32.4 Å². The van der Waals surface area contributed by atoms with E-state index in [0.717, 1.165) is 12.8 Å². The van der Waals surface area contributed by atoms with E-state index in [1.807, 2.05) is 0 Å². The average molecular weight is 401 g/mol. The van der Waals surface area contributed by atoms with E-state index in [2.05, 4.69) is 20.3 Å². The number of benzene rings is 1. The highest BCUT2D eigenvalue weighted by molar-refractivity contribution is 6.34. The van der Waals surface area contributed by atoms with Crippen molar-refractivity contribution in [2.45, 2.75) is 18.9 Å². The summed E-state index contributed by atoms with van der Waals surface area (Å²) >= 11 is 6.34. The highest BCUT2D eigenvalue weighted by Gasteiger charge is 2.23. The van der Waals surface area contributed by atoms with Crippen LogP contribution in [0.5, 0.6) is 0 Å². The Morgan fingerprint density at radius 3 is 2.89 bits per heavy atom. The number of ether oxygens (including phenoxy) is 1. The van der Waals surface area contributed by atoms with Crippen LogP contribution in [0.1, 0.15) is 18.9 Å². The lowest BCUT2D eigenvalue weighted by atomic mass is 10.1. The van der Waals surface area contributed by atoms with Gasteiger partial charge in [-0.2, -0.15) is 4.98 Å². The average Bonchev–Trinajstić information content (AvgIpc) is 3.25. The lowest BCUT2D eigenvalue weighted by Gasteiger charge is -2.22. The number of hydrogen-bond acceptors (Lipinski definition) is 7. The molecule has 1 aliphatic rings. The largest absolute Gasteiger partial charge is 0.443 e. The SMILES string of the molecule is Cn1c(=O)n(C2CCOCC2)c2nc(Nc3cc4ocnc4cc3Cl)ncc21. The number of halogens is 1. The molecule has 0 radical (unpaired) electrons. The van der Waals surface area contributed by atoms with E-state index in [-0.39, 0.29) is 11.7 Å². The van der Waals surface area contributed by atoms with Crippen LogP contribution in [0.2, 0.25) is 5.02 Å². The van der Waals surface area contributed by atoms with Crippen molar-refractivity contribution in [1.29, 1.82) is 0 Å². The smallest absolute Gasteiger partial charge is 0.330 e. The van der Waals surface area contributed by atoms with Crippen molar-refractivity contribution in [2.75, 3.05) is 18.5 Å². The first kappa shape index (κ1) is 17.2. The van der Waals surface area contributed by atoms with E-state index in [1.54, 1.807) is 34.5 Å². The number of anilines is 2. The van der Waals surface area contributed by atoms with Crippen LogP contribution >= 0.6 is 11.6 Å². The molecule has 0 amide bonds. The number of rotatable bonds is 3. The minimum atomic E-state index is -0.102. The lowest BCUT2D eigenvalue weighted by molar-refractivity contribution is 0.0695. The van der Waals surface area contributed by atoms with E-state index in [4.69, 9.17) is 20.8 Å². The summed E-state index contributed by atoms with van der Waals surface area (Å²) in [7, 11) is 1.73. The summed E-state index contributed by atoms with van der Waals surface area (Å²) in [6.45, 7) is 1.27. The normalized spacial score (nSPS) is 15.5. The first-order chi connectivity index (χ1) is 13.6. The Balaban J connectivity index is 1.58. The van der Waals surface area contributed by atoms with Crippen LogP contribution in [0.4, 0.5) is 11.6 Å². The molecule has 0 atom stereocenters. The van der Waals surface area contributed by atoms with E-state index in [9.17, 15) is 4.79 Å². The summed E-state index contributed by atoms with van der Waals surface area (Å²) in [6, 6.07) is 3.51. The molecule has 5 rings (SSSR count). The number of oxazole rings is 1. The molecule has 0 saturated carbocycles. The topological polar surface area (TPSA) is 100 Å². The highest BCUT2D eigenvalue weighted by atomic mass is 35.5. The van der Waals surface area contributed by atoms with Crippen LogP contribution in [0, 0.1) is 0 Å². The predicted octanol–water partition coefficient (Wildman–Crippen LogP) is 3.02. The summed E-state index contributed by atoms with van der Waals surface area (Å²) in [5.74, 6) is 0.347. The van der Waals surface area contributed by atoms with E-state index in [1.165, 1.54) is 6.39 Å². The molecule has 28 heavy (non-hydrogen) atoms. The molecule has 0 bridgehead atoms. The first-order valence-corrected chi connectivity index (χ1v) is 9.31. The quantitative estimate of drug-likeness (QED) is 0.564. The third-order valence-electron chi connectivity index (χ3n) is 5.06. The van der Waals surface area contributed by atoms with Gasteiger partial charge in [-0.25, -0.2) is 14.8 Å². The second-order valence-corrected chi connectivity index (χ2v) is 7.14. The van der Waals surface area contributed by atoms with Crippen molar-refractivity contribution in [1.82, 2.24) is 24.1 Å². The molecule has 1 fully saturated rings. The standard InChI is InChI=1S/C18H17ClN6O3/c1-24-14-8-20-17(22-12-7-15-13(6-11(12)19)21-9-28-15)23-16(14)25(18(24)26)10-2-4-27-5-3-10/h6-10H,2-5H2,1H3,(H,20,22,23). The van der Waals surface area contributed by atoms with Crippen molar-refractivity contribution in [3.63, 3.8) is 0 Å². The minimum absolute atomic E-state index is 0.0573. The number of imidazole rings is 1. The van der Waals surface area contributed by atoms with Gasteiger partial charge in [-0.05, 0) is 18.9 Å². The molecule has 4 aromatic rings. The minimum Gasteiger partial charge on any atom is -0.443 e. The maximum Gasteiger partial charge on any atom is 0.330 e. The fraction of sp³-hybridized carbons (Fsp3) is 0.333. The van der Waals surface area contributed by atoms with Crippen molar-refractivity contribution in [3.8, 4) is 0 Å². The highest BCUT2D eigenvalue weighted by Crippen LogP contribution is 2.30. The molecule has 0 spiro atoms. The van der Waals surface area contributed by atoms with Gasteiger partial charge >= 0.3 is 5.69 Å². The van der Waals surface area contributed by atoms with Crippen LogP contribution in [-0.4, -0.2) is 37.3 Å². The zero-order valence-electron chi connectivity index (χ0n) is 15.1. The van der Waals surface area contributed by atoms with Gasteiger partial charge in [0.2, 0.25) is 5.95 Å². The van der Waals surface area contributed by atoms with Gasteiger partial charge in [0.1, 0.15) is 11.0 Å². The number of hydrogen-bond donors (Lipinski definition) is 1. The van der Waals surface area contributed by atoms with Crippen LogP contribution in [-0.2, 0) is 11.8 Å². The summed E-state index contributed by atoms with van der Waals surface area (Å²) in [4.78, 5) is 25.8. The van der Waals surface area contributed by atoms with Crippen molar-refractivity contribution >= 4 is 45.5 Å². The number of fused-ring (bicyclic) bond motifs is 2. The summed E-state index contributed by atoms with van der Waals surface area (Å²) < 4.78 is 14.1. The molecule has 0 unspecified atom stereocenters. The first-order valence-electron chi connectivity index (χ1n) is 8.93. The third kappa shape index (κ3) is 2.74. The molecule has 144 valence electrons. The number of aromatic nitrogens is 5. The van der Waals surface area contributed by atoms with Crippen molar-refractivity contribution < 1.29 is 9.15 Å². The molecule has 9 nitrogen and oxygen atoms in total. The Morgan fingerprint density at radius 1 is 1.25 bits per heavy atom. The number of nitrogens with one attached hydrogen (secondary N) is 1. The molecule has 10 heteroatoms. The third-order valence-corrected chi connectivity index (χ3v) is 5.37. The van der Waals surface area contributed by atoms with E-state index < -0.39 is 0 Å². The van der Waals surface area contributed by atoms with Gasteiger partial charge in [-0.15, -0.1) is 0 Å². The Labute approximate surface area is 163 Å². The van der Waals surface area contributed by atoms with E-state index >= 15 is 0 Å². The summed E-state index contributed by atoms with van der Waals surface area (Å²) in [5, 5.41) is 3.59. The predicted molar refractivity (Wildman–Crippen MR) is 104 cm³/mol. The second-order valence-electron chi connectivity index (χ2n) is 6.73. The lowest BCUT2D eigenvalue weighted by Crippen LogP contribution is -2.30. The van der Waals surface area contributed by atoms with Gasteiger partial charge in [-0.1, -0.05) is 11.6 Å². The Morgan fingerprint density at radius 2 is 2.07 bits per heavy atom. The van der Waals surface area contributed by atoms with Gasteiger partial charge in [0.15, 0.2) is 17.6 Å². The molecule has 1 aromatic carbocycles. The zero-order valence-corrected chi connectivity index (χ0v) is 15.8. The number of nitrogens with zero attached hydrogens (tertiary/aromatic N) is 5. The van der Waals surface area contributed by atoms with Gasteiger partial charge in [0.25, 0.3) is 0 Å². The Bertz CT molecular complexity index is 1240. The monoisotopic (exact) mass is 400 g/mol. The zero-order chi connectivity index (χ0) is 19.3. The van der Waals surface area contributed by atoms with Crippen molar-refractivity contribution in [3.05, 3.63) is 40.2 Å². The fourth-order valence-corrected chi connectivity index (χ4v) is 3.77. The van der Waals surface area contributed by atoms with E-state index in [0.29, 0.717) is 52.1 Å². The second kappa shape index (κ2) is 6.61. The van der Waals surface area contributed by atoms with Crippen LogP contribution in [0.3, 0.4) is 0 Å². The molecular weight excluding hydrogens is 384 g/mol. The number of aryl methyl sites for hydroxylation is 1. The fourth-order valence-electron chi connectivity index (χ4n) is 3.56. The van der Waals surface area contributed by atoms with Gasteiger partial charge in [0.05, 0.1) is 16.9 Å². The molecular formula is C18H17ClN6O3. The van der Waals surface area contributed by atoms with Gasteiger partial charge < -0.3 is 14.5 Å². The van der Waals surface area contributed by atoms with Crippen molar-refractivity contribution in [2.24, 2.45) is 7.05 Å².